The lowest BCUT2D eigenvalue weighted by atomic mass is 9.87. The molecular weight excluding hydrogens is 380 g/mol. The first-order chi connectivity index (χ1) is 14.7. The molecule has 2 N–H and O–H groups in total. The molecule has 5 rings (SSSR count). The molecule has 30 heavy (non-hydrogen) atoms. The first kappa shape index (κ1) is 19.4. The minimum atomic E-state index is 0.120. The summed E-state index contributed by atoms with van der Waals surface area (Å²) in [6.07, 6.45) is 8.14. The summed E-state index contributed by atoms with van der Waals surface area (Å²) in [6.45, 7) is 5.53. The molecule has 3 heterocycles. The van der Waals surface area contributed by atoms with Gasteiger partial charge in [0.15, 0.2) is 11.5 Å². The Hall–Kier alpha value is -2.54. The Bertz CT molecular complexity index is 898. The van der Waals surface area contributed by atoms with E-state index in [0.29, 0.717) is 25.1 Å². The Morgan fingerprint density at radius 3 is 2.70 bits per heavy atom. The number of hydrogen-bond acceptors (Lipinski definition) is 7. The first-order valence-corrected chi connectivity index (χ1v) is 11.1. The molecule has 1 saturated heterocycles. The van der Waals surface area contributed by atoms with Crippen LogP contribution in [0.25, 0.3) is 11.1 Å². The normalized spacial score (nSPS) is 26.5. The lowest BCUT2D eigenvalue weighted by Crippen LogP contribution is -2.37. The standard InChI is InChI=1S/C23H30N4O3/c1-15-2-5-17(6-3-15)27-9-8-18(14-27)30-22-19(13-25-23(24)26-22)16-4-7-20-21(12-16)29-11-10-28-20/h4,7,12-13,15,17-18H,2-3,5-6,8-11,14H2,1H3,(H2,24,25,26). The number of ether oxygens (including phenoxy) is 3. The first-order valence-electron chi connectivity index (χ1n) is 11.1. The van der Waals surface area contributed by atoms with E-state index in [1.165, 1.54) is 25.7 Å². The second-order valence-corrected chi connectivity index (χ2v) is 8.74. The van der Waals surface area contributed by atoms with E-state index in [1.807, 2.05) is 18.2 Å². The summed E-state index contributed by atoms with van der Waals surface area (Å²) in [7, 11) is 0. The van der Waals surface area contributed by atoms with Crippen LogP contribution in [0, 0.1) is 5.92 Å². The predicted octanol–water partition coefficient (Wildman–Crippen LogP) is 3.53. The molecule has 0 radical (unpaired) electrons. The van der Waals surface area contributed by atoms with Gasteiger partial charge in [-0.3, -0.25) is 4.90 Å². The van der Waals surface area contributed by atoms with E-state index < -0.39 is 0 Å². The Morgan fingerprint density at radius 1 is 1.07 bits per heavy atom. The van der Waals surface area contributed by atoms with E-state index in [9.17, 15) is 0 Å². The zero-order chi connectivity index (χ0) is 20.5. The molecule has 160 valence electrons. The summed E-state index contributed by atoms with van der Waals surface area (Å²) < 4.78 is 17.8. The Morgan fingerprint density at radius 2 is 1.87 bits per heavy atom. The van der Waals surface area contributed by atoms with Gasteiger partial charge < -0.3 is 19.9 Å². The number of nitrogens with two attached hydrogens (primary N) is 1. The quantitative estimate of drug-likeness (QED) is 0.825. The van der Waals surface area contributed by atoms with Gasteiger partial charge in [-0.1, -0.05) is 13.0 Å². The number of hydrogen-bond donors (Lipinski definition) is 1. The highest BCUT2D eigenvalue weighted by molar-refractivity contribution is 5.71. The van der Waals surface area contributed by atoms with Crippen LogP contribution in [0.2, 0.25) is 0 Å². The predicted molar refractivity (Wildman–Crippen MR) is 115 cm³/mol. The van der Waals surface area contributed by atoms with Crippen molar-refractivity contribution in [3.05, 3.63) is 24.4 Å². The molecule has 2 aliphatic heterocycles. The van der Waals surface area contributed by atoms with Crippen molar-refractivity contribution in [2.45, 2.75) is 51.2 Å². The smallest absolute Gasteiger partial charge is 0.226 e. The van der Waals surface area contributed by atoms with E-state index in [-0.39, 0.29) is 12.1 Å². The van der Waals surface area contributed by atoms with Crippen molar-refractivity contribution in [1.29, 1.82) is 0 Å². The Balaban J connectivity index is 1.32. The fourth-order valence-electron chi connectivity index (χ4n) is 4.83. The summed E-state index contributed by atoms with van der Waals surface area (Å²) in [6, 6.07) is 6.56. The van der Waals surface area contributed by atoms with Crippen molar-refractivity contribution < 1.29 is 14.2 Å². The maximum Gasteiger partial charge on any atom is 0.226 e. The van der Waals surface area contributed by atoms with E-state index >= 15 is 0 Å². The highest BCUT2D eigenvalue weighted by Gasteiger charge is 2.32. The van der Waals surface area contributed by atoms with Crippen LogP contribution in [0.3, 0.4) is 0 Å². The van der Waals surface area contributed by atoms with Gasteiger partial charge >= 0.3 is 0 Å². The minimum absolute atomic E-state index is 0.120. The summed E-state index contributed by atoms with van der Waals surface area (Å²) in [4.78, 5) is 11.2. The van der Waals surface area contributed by atoms with Crippen LogP contribution in [0.4, 0.5) is 5.95 Å². The molecule has 3 aliphatic rings. The number of likely N-dealkylation sites (tertiary alicyclic amines) is 1. The number of anilines is 1. The molecule has 1 aromatic carbocycles. The maximum absolute atomic E-state index is 6.38. The monoisotopic (exact) mass is 410 g/mol. The number of benzene rings is 1. The molecule has 0 bridgehead atoms. The number of aromatic nitrogens is 2. The van der Waals surface area contributed by atoms with Crippen LogP contribution in [-0.2, 0) is 0 Å². The van der Waals surface area contributed by atoms with Crippen molar-refractivity contribution in [2.24, 2.45) is 5.92 Å². The van der Waals surface area contributed by atoms with Gasteiger partial charge in [0.1, 0.15) is 19.3 Å². The molecule has 0 amide bonds. The topological polar surface area (TPSA) is 82.7 Å². The fourth-order valence-corrected chi connectivity index (χ4v) is 4.83. The molecular formula is C23H30N4O3. The second-order valence-electron chi connectivity index (χ2n) is 8.74. The largest absolute Gasteiger partial charge is 0.486 e. The number of rotatable bonds is 4. The third-order valence-corrected chi connectivity index (χ3v) is 6.58. The molecule has 1 unspecified atom stereocenters. The van der Waals surface area contributed by atoms with E-state index in [4.69, 9.17) is 19.9 Å². The number of nitrogen functional groups attached to an aromatic ring is 1. The van der Waals surface area contributed by atoms with Crippen LogP contribution in [-0.4, -0.2) is 53.3 Å². The third kappa shape index (κ3) is 4.03. The minimum Gasteiger partial charge on any atom is -0.486 e. The second kappa shape index (κ2) is 8.30. The summed E-state index contributed by atoms with van der Waals surface area (Å²) >= 11 is 0. The summed E-state index contributed by atoms with van der Waals surface area (Å²) in [5.74, 6) is 3.14. The SMILES string of the molecule is CC1CCC(N2CCC(Oc3nc(N)ncc3-c3ccc4c(c3)OCCO4)C2)CC1. The highest BCUT2D eigenvalue weighted by atomic mass is 16.6. The molecule has 2 fully saturated rings. The van der Waals surface area contributed by atoms with Gasteiger partial charge in [-0.15, -0.1) is 0 Å². The lowest BCUT2D eigenvalue weighted by Gasteiger charge is -2.33. The maximum atomic E-state index is 6.38. The molecule has 2 aromatic rings. The number of fused-ring (bicyclic) bond motifs is 1. The average molecular weight is 411 g/mol. The summed E-state index contributed by atoms with van der Waals surface area (Å²) in [5.41, 5.74) is 7.65. The molecule has 1 atom stereocenters. The molecule has 1 saturated carbocycles. The van der Waals surface area contributed by atoms with Gasteiger partial charge in [-0.2, -0.15) is 4.98 Å². The Labute approximate surface area is 177 Å². The van der Waals surface area contributed by atoms with Gasteiger partial charge in [0.05, 0.1) is 5.56 Å². The van der Waals surface area contributed by atoms with Crippen LogP contribution >= 0.6 is 0 Å². The molecule has 7 heteroatoms. The highest BCUT2D eigenvalue weighted by Crippen LogP contribution is 2.38. The zero-order valence-corrected chi connectivity index (χ0v) is 17.5. The van der Waals surface area contributed by atoms with Crippen LogP contribution < -0.4 is 19.9 Å². The molecule has 1 aromatic heterocycles. The van der Waals surface area contributed by atoms with Gasteiger partial charge in [-0.05, 0) is 55.7 Å². The summed E-state index contributed by atoms with van der Waals surface area (Å²) in [5, 5.41) is 0. The molecule has 1 aliphatic carbocycles. The fraction of sp³-hybridized carbons (Fsp3) is 0.565. The average Bonchev–Trinajstić information content (AvgIpc) is 3.22. The van der Waals surface area contributed by atoms with Crippen molar-refractivity contribution in [2.75, 3.05) is 32.0 Å². The third-order valence-electron chi connectivity index (χ3n) is 6.58. The van der Waals surface area contributed by atoms with Gasteiger partial charge in [0, 0.05) is 25.3 Å². The van der Waals surface area contributed by atoms with Crippen molar-refractivity contribution in [1.82, 2.24) is 14.9 Å². The van der Waals surface area contributed by atoms with Crippen molar-refractivity contribution in [3.8, 4) is 28.5 Å². The van der Waals surface area contributed by atoms with Crippen LogP contribution in [0.1, 0.15) is 39.0 Å². The lowest BCUT2D eigenvalue weighted by molar-refractivity contribution is 0.141. The van der Waals surface area contributed by atoms with Crippen LogP contribution in [0.5, 0.6) is 17.4 Å². The molecule has 7 nitrogen and oxygen atoms in total. The molecule has 0 spiro atoms. The van der Waals surface area contributed by atoms with Gasteiger partial charge in [-0.25, -0.2) is 4.98 Å². The van der Waals surface area contributed by atoms with E-state index in [2.05, 4.69) is 21.8 Å². The number of nitrogens with zero attached hydrogens (tertiary/aromatic N) is 3. The van der Waals surface area contributed by atoms with Gasteiger partial charge in [0.2, 0.25) is 11.8 Å². The van der Waals surface area contributed by atoms with Crippen molar-refractivity contribution >= 4 is 5.95 Å². The van der Waals surface area contributed by atoms with Crippen molar-refractivity contribution in [3.63, 3.8) is 0 Å². The van der Waals surface area contributed by atoms with Gasteiger partial charge in [0.25, 0.3) is 0 Å². The van der Waals surface area contributed by atoms with E-state index in [0.717, 1.165) is 48.1 Å². The van der Waals surface area contributed by atoms with E-state index in [1.54, 1.807) is 6.20 Å². The zero-order valence-electron chi connectivity index (χ0n) is 17.5. The Kier molecular flexibility index (Phi) is 5.37. The van der Waals surface area contributed by atoms with Crippen LogP contribution in [0.15, 0.2) is 24.4 Å².